The molecule has 0 aromatic heterocycles. The van der Waals surface area contributed by atoms with Crippen molar-refractivity contribution in [2.75, 3.05) is 0 Å². The summed E-state index contributed by atoms with van der Waals surface area (Å²) in [5.74, 6) is 0.707. The molecule has 3 heteroatoms. The molecule has 3 rings (SSSR count). The SMILES string of the molecule is Cc1c(CCC(=O)O)ccc(CCC2=C(c3ccc(Cl)cc3)CC(C(C)C)CC2)c1C. The zero-order valence-electron chi connectivity index (χ0n) is 19.3. The fourth-order valence-electron chi connectivity index (χ4n) is 4.84. The number of benzene rings is 2. The Bertz CT molecular complexity index is 954. The molecule has 2 nitrogen and oxygen atoms in total. The highest BCUT2D eigenvalue weighted by Gasteiger charge is 2.24. The summed E-state index contributed by atoms with van der Waals surface area (Å²) < 4.78 is 0. The number of carboxylic acids is 1. The second kappa shape index (κ2) is 10.5. The molecule has 1 aliphatic rings. The molecular formula is C28H35ClO2. The highest BCUT2D eigenvalue weighted by molar-refractivity contribution is 6.30. The normalized spacial score (nSPS) is 16.8. The fourth-order valence-corrected chi connectivity index (χ4v) is 4.96. The number of carboxylic acid groups (broad SMARTS) is 1. The maximum atomic E-state index is 10.9. The molecule has 166 valence electrons. The largest absolute Gasteiger partial charge is 0.481 e. The topological polar surface area (TPSA) is 37.3 Å². The van der Waals surface area contributed by atoms with Gasteiger partial charge in [-0.3, -0.25) is 4.79 Å². The molecular weight excluding hydrogens is 404 g/mol. The van der Waals surface area contributed by atoms with Gasteiger partial charge in [-0.2, -0.15) is 0 Å². The molecule has 0 heterocycles. The molecule has 1 N–H and O–H groups in total. The van der Waals surface area contributed by atoms with Crippen molar-refractivity contribution in [3.8, 4) is 0 Å². The lowest BCUT2D eigenvalue weighted by Crippen LogP contribution is -2.16. The number of hydrogen-bond acceptors (Lipinski definition) is 1. The average Bonchev–Trinajstić information content (AvgIpc) is 2.74. The summed E-state index contributed by atoms with van der Waals surface area (Å²) in [6, 6.07) is 12.7. The van der Waals surface area contributed by atoms with E-state index in [0.29, 0.717) is 12.3 Å². The summed E-state index contributed by atoms with van der Waals surface area (Å²) >= 11 is 6.14. The van der Waals surface area contributed by atoms with Crippen LogP contribution in [0.5, 0.6) is 0 Å². The van der Waals surface area contributed by atoms with Crippen LogP contribution in [-0.4, -0.2) is 11.1 Å². The third-order valence-corrected chi connectivity index (χ3v) is 7.41. The minimum Gasteiger partial charge on any atom is -0.481 e. The van der Waals surface area contributed by atoms with Gasteiger partial charge in [0.05, 0.1) is 0 Å². The first-order valence-electron chi connectivity index (χ1n) is 11.5. The Morgan fingerprint density at radius 1 is 1.00 bits per heavy atom. The summed E-state index contributed by atoms with van der Waals surface area (Å²) in [6.07, 6.45) is 6.51. The van der Waals surface area contributed by atoms with Gasteiger partial charge in [-0.05, 0) is 110 Å². The van der Waals surface area contributed by atoms with Crippen molar-refractivity contribution in [1.29, 1.82) is 0 Å². The van der Waals surface area contributed by atoms with E-state index in [1.807, 2.05) is 12.1 Å². The lowest BCUT2D eigenvalue weighted by atomic mass is 9.75. The fraction of sp³-hybridized carbons (Fsp3) is 0.464. The highest BCUT2D eigenvalue weighted by atomic mass is 35.5. The van der Waals surface area contributed by atoms with Gasteiger partial charge >= 0.3 is 5.97 Å². The van der Waals surface area contributed by atoms with Crippen LogP contribution in [0.4, 0.5) is 0 Å². The van der Waals surface area contributed by atoms with Gasteiger partial charge in [0.15, 0.2) is 0 Å². The maximum Gasteiger partial charge on any atom is 0.303 e. The van der Waals surface area contributed by atoms with Crippen LogP contribution in [0.1, 0.15) is 73.8 Å². The standard InChI is InChI=1S/C28H35ClO2/c1-18(2)25-10-9-23(27(17-25)24-11-14-26(29)15-12-24)8-7-21-5-6-22(13-16-28(30)31)20(4)19(21)3/h5-6,11-12,14-15,18,25H,7-10,13,16-17H2,1-4H3,(H,30,31). The Kier molecular flexibility index (Phi) is 8.00. The number of rotatable bonds is 8. The molecule has 0 aliphatic heterocycles. The molecule has 0 spiro atoms. The first kappa shape index (κ1) is 23.6. The zero-order chi connectivity index (χ0) is 22.5. The van der Waals surface area contributed by atoms with Gasteiger partial charge in [0.1, 0.15) is 0 Å². The minimum atomic E-state index is -0.736. The summed E-state index contributed by atoms with van der Waals surface area (Å²) in [5.41, 5.74) is 9.52. The second-order valence-electron chi connectivity index (χ2n) is 9.36. The quantitative estimate of drug-likeness (QED) is 0.456. The second-order valence-corrected chi connectivity index (χ2v) is 9.80. The van der Waals surface area contributed by atoms with Gasteiger partial charge in [0.2, 0.25) is 0 Å². The van der Waals surface area contributed by atoms with Crippen LogP contribution in [-0.2, 0) is 17.6 Å². The molecule has 1 atom stereocenters. The van der Waals surface area contributed by atoms with Crippen LogP contribution in [0.25, 0.3) is 5.57 Å². The molecule has 1 aliphatic carbocycles. The molecule has 0 amide bonds. The van der Waals surface area contributed by atoms with E-state index in [0.717, 1.165) is 35.8 Å². The van der Waals surface area contributed by atoms with Crippen molar-refractivity contribution in [1.82, 2.24) is 0 Å². The summed E-state index contributed by atoms with van der Waals surface area (Å²) in [5, 5.41) is 9.78. The van der Waals surface area contributed by atoms with Crippen LogP contribution < -0.4 is 0 Å². The summed E-state index contributed by atoms with van der Waals surface area (Å²) in [4.78, 5) is 10.9. The van der Waals surface area contributed by atoms with Crippen LogP contribution in [0.2, 0.25) is 5.02 Å². The van der Waals surface area contributed by atoms with Crippen LogP contribution in [0, 0.1) is 25.7 Å². The highest BCUT2D eigenvalue weighted by Crippen LogP contribution is 2.41. The van der Waals surface area contributed by atoms with Gasteiger partial charge in [-0.15, -0.1) is 0 Å². The maximum absolute atomic E-state index is 10.9. The van der Waals surface area contributed by atoms with Crippen molar-refractivity contribution < 1.29 is 9.90 Å². The minimum absolute atomic E-state index is 0.188. The van der Waals surface area contributed by atoms with E-state index >= 15 is 0 Å². The third kappa shape index (κ3) is 6.01. The van der Waals surface area contributed by atoms with Crippen LogP contribution in [0.3, 0.4) is 0 Å². The number of aryl methyl sites for hydroxylation is 2. The molecule has 31 heavy (non-hydrogen) atoms. The van der Waals surface area contributed by atoms with Crippen LogP contribution in [0.15, 0.2) is 42.0 Å². The van der Waals surface area contributed by atoms with Crippen molar-refractivity contribution in [2.24, 2.45) is 11.8 Å². The third-order valence-electron chi connectivity index (χ3n) is 7.16. The Hall–Kier alpha value is -2.06. The molecule has 0 saturated carbocycles. The van der Waals surface area contributed by atoms with E-state index in [-0.39, 0.29) is 6.42 Å². The Balaban J connectivity index is 1.82. The van der Waals surface area contributed by atoms with E-state index in [1.54, 1.807) is 5.57 Å². The van der Waals surface area contributed by atoms with E-state index in [9.17, 15) is 4.79 Å². The van der Waals surface area contributed by atoms with Crippen molar-refractivity contribution in [3.05, 3.63) is 74.8 Å². The lowest BCUT2D eigenvalue weighted by Gasteiger charge is -2.30. The number of aliphatic carboxylic acids is 1. The first-order chi connectivity index (χ1) is 14.8. The smallest absolute Gasteiger partial charge is 0.303 e. The molecule has 0 radical (unpaired) electrons. The van der Waals surface area contributed by atoms with Gasteiger partial charge in [-0.25, -0.2) is 0 Å². The first-order valence-corrected chi connectivity index (χ1v) is 11.9. The van der Waals surface area contributed by atoms with Crippen molar-refractivity contribution in [2.45, 2.75) is 72.6 Å². The van der Waals surface area contributed by atoms with Gasteiger partial charge in [0.25, 0.3) is 0 Å². The Morgan fingerprint density at radius 2 is 1.61 bits per heavy atom. The molecule has 2 aromatic carbocycles. The molecule has 2 aromatic rings. The number of carbonyl (C=O) groups is 1. The number of allylic oxidation sites excluding steroid dienone is 2. The van der Waals surface area contributed by atoms with E-state index in [1.165, 1.54) is 40.7 Å². The number of halogens is 1. The van der Waals surface area contributed by atoms with Gasteiger partial charge < -0.3 is 5.11 Å². The number of hydrogen-bond donors (Lipinski definition) is 1. The Morgan fingerprint density at radius 3 is 2.19 bits per heavy atom. The van der Waals surface area contributed by atoms with E-state index in [4.69, 9.17) is 16.7 Å². The predicted octanol–water partition coefficient (Wildman–Crippen LogP) is 7.82. The Labute approximate surface area is 192 Å². The van der Waals surface area contributed by atoms with Crippen LogP contribution >= 0.6 is 11.6 Å². The van der Waals surface area contributed by atoms with Gasteiger partial charge in [0, 0.05) is 11.4 Å². The average molecular weight is 439 g/mol. The van der Waals surface area contributed by atoms with Crippen molar-refractivity contribution in [3.63, 3.8) is 0 Å². The van der Waals surface area contributed by atoms with E-state index < -0.39 is 5.97 Å². The molecule has 0 saturated heterocycles. The zero-order valence-corrected chi connectivity index (χ0v) is 20.1. The molecule has 0 bridgehead atoms. The molecule has 1 unspecified atom stereocenters. The molecule has 0 fully saturated rings. The predicted molar refractivity (Wildman–Crippen MR) is 131 cm³/mol. The lowest BCUT2D eigenvalue weighted by molar-refractivity contribution is -0.136. The summed E-state index contributed by atoms with van der Waals surface area (Å²) in [6.45, 7) is 8.99. The van der Waals surface area contributed by atoms with Crippen molar-refractivity contribution >= 4 is 23.1 Å². The van der Waals surface area contributed by atoms with Gasteiger partial charge in [-0.1, -0.05) is 55.3 Å². The summed E-state index contributed by atoms with van der Waals surface area (Å²) in [7, 11) is 0. The monoisotopic (exact) mass is 438 g/mol. The van der Waals surface area contributed by atoms with E-state index in [2.05, 4.69) is 52.0 Å².